The van der Waals surface area contributed by atoms with E-state index in [1.54, 1.807) is 36.5 Å². The van der Waals surface area contributed by atoms with Gasteiger partial charge in [0.25, 0.3) is 0 Å². The van der Waals surface area contributed by atoms with Gasteiger partial charge in [0.1, 0.15) is 5.82 Å². The van der Waals surface area contributed by atoms with E-state index in [-0.39, 0.29) is 5.75 Å². The van der Waals surface area contributed by atoms with Gasteiger partial charge in [0.05, 0.1) is 12.3 Å². The monoisotopic (exact) mass is 337 g/mol. The SMILES string of the molecule is CCOc1cc(-c2nccn2-c2cc(C(N)=O)ccc2C)ccc1O. The van der Waals surface area contributed by atoms with Crippen molar-refractivity contribution in [3.05, 3.63) is 59.9 Å². The molecule has 0 bridgehead atoms. The Hall–Kier alpha value is -3.28. The molecule has 128 valence electrons. The number of nitrogens with zero attached hydrogens (tertiary/aromatic N) is 2. The van der Waals surface area contributed by atoms with Crippen LogP contribution in [0.15, 0.2) is 48.8 Å². The molecule has 0 aliphatic rings. The molecule has 0 aliphatic carbocycles. The minimum Gasteiger partial charge on any atom is -0.504 e. The number of phenolic OH excluding ortho intramolecular Hbond substituents is 1. The zero-order valence-corrected chi connectivity index (χ0v) is 14.1. The van der Waals surface area contributed by atoms with E-state index in [2.05, 4.69) is 4.98 Å². The number of hydrogen-bond donors (Lipinski definition) is 2. The lowest BCUT2D eigenvalue weighted by Crippen LogP contribution is -2.12. The first-order valence-electron chi connectivity index (χ1n) is 7.91. The summed E-state index contributed by atoms with van der Waals surface area (Å²) in [5.41, 5.74) is 8.41. The summed E-state index contributed by atoms with van der Waals surface area (Å²) >= 11 is 0. The number of aromatic hydroxyl groups is 1. The van der Waals surface area contributed by atoms with Gasteiger partial charge in [0.2, 0.25) is 5.91 Å². The largest absolute Gasteiger partial charge is 0.504 e. The number of hydrogen-bond acceptors (Lipinski definition) is 4. The van der Waals surface area contributed by atoms with E-state index in [1.165, 1.54) is 0 Å². The van der Waals surface area contributed by atoms with Crippen molar-refractivity contribution in [2.45, 2.75) is 13.8 Å². The molecular weight excluding hydrogens is 318 g/mol. The molecule has 0 fully saturated rings. The summed E-state index contributed by atoms with van der Waals surface area (Å²) in [6.07, 6.45) is 3.49. The maximum atomic E-state index is 11.5. The van der Waals surface area contributed by atoms with Crippen LogP contribution < -0.4 is 10.5 Å². The minimum atomic E-state index is -0.480. The zero-order valence-electron chi connectivity index (χ0n) is 14.1. The molecule has 3 N–H and O–H groups in total. The van der Waals surface area contributed by atoms with Crippen molar-refractivity contribution in [2.75, 3.05) is 6.61 Å². The number of ether oxygens (including phenoxy) is 1. The van der Waals surface area contributed by atoms with E-state index in [1.807, 2.05) is 30.7 Å². The van der Waals surface area contributed by atoms with Crippen LogP contribution >= 0.6 is 0 Å². The molecule has 25 heavy (non-hydrogen) atoms. The number of aromatic nitrogens is 2. The number of carbonyl (C=O) groups is 1. The summed E-state index contributed by atoms with van der Waals surface area (Å²) in [4.78, 5) is 15.9. The van der Waals surface area contributed by atoms with Gasteiger partial charge in [0.15, 0.2) is 11.5 Å². The molecule has 1 aromatic heterocycles. The van der Waals surface area contributed by atoms with Crippen LogP contribution in [0, 0.1) is 6.92 Å². The number of primary amides is 1. The van der Waals surface area contributed by atoms with Crippen LogP contribution in [0.2, 0.25) is 0 Å². The lowest BCUT2D eigenvalue weighted by atomic mass is 10.1. The number of benzene rings is 2. The van der Waals surface area contributed by atoms with Gasteiger partial charge >= 0.3 is 0 Å². The minimum absolute atomic E-state index is 0.0793. The normalized spacial score (nSPS) is 10.6. The van der Waals surface area contributed by atoms with Crippen LogP contribution in [0.3, 0.4) is 0 Å². The van der Waals surface area contributed by atoms with E-state index in [0.29, 0.717) is 23.7 Å². The van der Waals surface area contributed by atoms with Crippen LogP contribution in [0.4, 0.5) is 0 Å². The molecular formula is C19H19N3O3. The van der Waals surface area contributed by atoms with Gasteiger partial charge in [-0.2, -0.15) is 0 Å². The van der Waals surface area contributed by atoms with Crippen LogP contribution in [0.5, 0.6) is 11.5 Å². The van der Waals surface area contributed by atoms with Crippen LogP contribution in [-0.4, -0.2) is 27.2 Å². The van der Waals surface area contributed by atoms with Crippen LogP contribution in [0.25, 0.3) is 17.1 Å². The second-order valence-corrected chi connectivity index (χ2v) is 5.60. The number of nitrogens with two attached hydrogens (primary N) is 1. The molecule has 0 aliphatic heterocycles. The summed E-state index contributed by atoms with van der Waals surface area (Å²) in [5.74, 6) is 0.671. The van der Waals surface area contributed by atoms with Gasteiger partial charge in [-0.3, -0.25) is 9.36 Å². The lowest BCUT2D eigenvalue weighted by molar-refractivity contribution is 0.1000. The quantitative estimate of drug-likeness (QED) is 0.749. The highest BCUT2D eigenvalue weighted by atomic mass is 16.5. The van der Waals surface area contributed by atoms with E-state index >= 15 is 0 Å². The van der Waals surface area contributed by atoms with Crippen molar-refractivity contribution in [2.24, 2.45) is 5.73 Å². The summed E-state index contributed by atoms with van der Waals surface area (Å²) in [6.45, 7) is 4.25. The third-order valence-electron chi connectivity index (χ3n) is 3.91. The molecule has 3 aromatic rings. The predicted molar refractivity (Wildman–Crippen MR) is 95.1 cm³/mol. The summed E-state index contributed by atoms with van der Waals surface area (Å²) in [5, 5.41) is 9.89. The Balaban J connectivity index is 2.12. The Morgan fingerprint density at radius 3 is 2.80 bits per heavy atom. The van der Waals surface area contributed by atoms with Gasteiger partial charge in [0, 0.05) is 23.5 Å². The number of amides is 1. The average Bonchev–Trinajstić information content (AvgIpc) is 3.06. The molecule has 6 heteroatoms. The van der Waals surface area contributed by atoms with E-state index in [0.717, 1.165) is 16.8 Å². The van der Waals surface area contributed by atoms with Crippen LogP contribution in [0.1, 0.15) is 22.8 Å². The van der Waals surface area contributed by atoms with Crippen molar-refractivity contribution >= 4 is 5.91 Å². The number of aryl methyl sites for hydroxylation is 1. The van der Waals surface area contributed by atoms with Crippen molar-refractivity contribution in [3.8, 4) is 28.6 Å². The highest BCUT2D eigenvalue weighted by Gasteiger charge is 2.14. The van der Waals surface area contributed by atoms with E-state index < -0.39 is 5.91 Å². The number of imidazole rings is 1. The van der Waals surface area contributed by atoms with E-state index in [9.17, 15) is 9.90 Å². The second kappa shape index (κ2) is 6.68. The molecule has 1 heterocycles. The van der Waals surface area contributed by atoms with E-state index in [4.69, 9.17) is 10.5 Å². The lowest BCUT2D eigenvalue weighted by Gasteiger charge is -2.13. The fraction of sp³-hybridized carbons (Fsp3) is 0.158. The number of carbonyl (C=O) groups excluding carboxylic acids is 1. The second-order valence-electron chi connectivity index (χ2n) is 5.60. The van der Waals surface area contributed by atoms with Gasteiger partial charge in [-0.15, -0.1) is 0 Å². The first-order chi connectivity index (χ1) is 12.0. The molecule has 0 atom stereocenters. The Morgan fingerprint density at radius 2 is 2.08 bits per heavy atom. The van der Waals surface area contributed by atoms with Gasteiger partial charge < -0.3 is 15.6 Å². The Kier molecular flexibility index (Phi) is 4.43. The first-order valence-corrected chi connectivity index (χ1v) is 7.91. The molecule has 0 spiro atoms. The Morgan fingerprint density at radius 1 is 1.28 bits per heavy atom. The number of phenols is 1. The topological polar surface area (TPSA) is 90.4 Å². The first kappa shape index (κ1) is 16.6. The standard InChI is InChI=1S/C19H19N3O3/c1-3-25-17-11-14(6-7-16(17)23)19-21-8-9-22(19)15-10-13(18(20)24)5-4-12(15)2/h4-11,23H,3H2,1-2H3,(H2,20,24). The fourth-order valence-electron chi connectivity index (χ4n) is 2.66. The average molecular weight is 337 g/mol. The van der Waals surface area contributed by atoms with Gasteiger partial charge in [-0.1, -0.05) is 6.07 Å². The molecule has 0 saturated heterocycles. The zero-order chi connectivity index (χ0) is 18.0. The number of rotatable bonds is 5. The smallest absolute Gasteiger partial charge is 0.248 e. The van der Waals surface area contributed by atoms with Crippen molar-refractivity contribution in [3.63, 3.8) is 0 Å². The van der Waals surface area contributed by atoms with Gasteiger partial charge in [-0.05, 0) is 49.7 Å². The maximum Gasteiger partial charge on any atom is 0.248 e. The maximum absolute atomic E-state index is 11.5. The Bertz CT molecular complexity index is 931. The summed E-state index contributed by atoms with van der Waals surface area (Å²) in [7, 11) is 0. The Labute approximate surface area is 145 Å². The molecule has 0 radical (unpaired) electrons. The van der Waals surface area contributed by atoms with Crippen LogP contribution in [-0.2, 0) is 0 Å². The molecule has 0 saturated carbocycles. The summed E-state index contributed by atoms with van der Waals surface area (Å²) < 4.78 is 7.33. The highest BCUT2D eigenvalue weighted by Crippen LogP contribution is 2.32. The summed E-state index contributed by atoms with van der Waals surface area (Å²) in [6, 6.07) is 10.4. The highest BCUT2D eigenvalue weighted by molar-refractivity contribution is 5.93. The van der Waals surface area contributed by atoms with Crippen molar-refractivity contribution < 1.29 is 14.6 Å². The molecule has 1 amide bonds. The predicted octanol–water partition coefficient (Wildman–Crippen LogP) is 3.05. The third-order valence-corrected chi connectivity index (χ3v) is 3.91. The van der Waals surface area contributed by atoms with Gasteiger partial charge in [-0.25, -0.2) is 4.98 Å². The van der Waals surface area contributed by atoms with Crippen molar-refractivity contribution in [1.29, 1.82) is 0 Å². The molecule has 6 nitrogen and oxygen atoms in total. The molecule has 2 aromatic carbocycles. The molecule has 3 rings (SSSR count). The third kappa shape index (κ3) is 3.19. The van der Waals surface area contributed by atoms with Crippen molar-refractivity contribution in [1.82, 2.24) is 9.55 Å². The fourth-order valence-corrected chi connectivity index (χ4v) is 2.66. The molecule has 0 unspecified atom stereocenters.